The van der Waals surface area contributed by atoms with Crippen molar-refractivity contribution in [3.8, 4) is 17.6 Å². The quantitative estimate of drug-likeness (QED) is 0.801. The average molecular weight is 309 g/mol. The molecular formula is C13H7BrClNO. The van der Waals surface area contributed by atoms with E-state index in [9.17, 15) is 0 Å². The van der Waals surface area contributed by atoms with Crippen LogP contribution in [0.25, 0.3) is 0 Å². The molecule has 0 heterocycles. The Bertz CT molecular complexity index is 592. The third kappa shape index (κ3) is 2.79. The Morgan fingerprint density at radius 1 is 1.12 bits per heavy atom. The SMILES string of the molecule is N#Cc1ccc(Cl)cc1Oc1ccccc1Br. The molecule has 84 valence electrons. The second-order valence-corrected chi connectivity index (χ2v) is 4.58. The molecule has 0 saturated carbocycles. The molecule has 0 amide bonds. The van der Waals surface area contributed by atoms with Crippen LogP contribution in [-0.2, 0) is 0 Å². The Balaban J connectivity index is 2.40. The molecule has 0 spiro atoms. The maximum absolute atomic E-state index is 8.97. The van der Waals surface area contributed by atoms with Crippen LogP contribution >= 0.6 is 27.5 Å². The van der Waals surface area contributed by atoms with Gasteiger partial charge < -0.3 is 4.74 Å². The van der Waals surface area contributed by atoms with Gasteiger partial charge in [-0.15, -0.1) is 0 Å². The summed E-state index contributed by atoms with van der Waals surface area (Å²) in [7, 11) is 0. The molecule has 2 aromatic carbocycles. The van der Waals surface area contributed by atoms with Gasteiger partial charge >= 0.3 is 0 Å². The van der Waals surface area contributed by atoms with Gasteiger partial charge in [0, 0.05) is 11.1 Å². The molecule has 2 nitrogen and oxygen atoms in total. The molecule has 2 rings (SSSR count). The standard InChI is InChI=1S/C13H7BrClNO/c14-11-3-1-2-4-12(11)17-13-7-10(15)6-5-9(13)8-16/h1-7H. The number of hydrogen-bond donors (Lipinski definition) is 0. The normalized spacial score (nSPS) is 9.71. The zero-order chi connectivity index (χ0) is 12.3. The van der Waals surface area contributed by atoms with Crippen molar-refractivity contribution in [3.63, 3.8) is 0 Å². The molecule has 0 atom stereocenters. The van der Waals surface area contributed by atoms with E-state index in [2.05, 4.69) is 22.0 Å². The Morgan fingerprint density at radius 2 is 1.88 bits per heavy atom. The first-order chi connectivity index (χ1) is 8.20. The predicted molar refractivity (Wildman–Crippen MR) is 70.4 cm³/mol. The predicted octanol–water partition coefficient (Wildman–Crippen LogP) is 4.77. The minimum absolute atomic E-state index is 0.449. The largest absolute Gasteiger partial charge is 0.455 e. The lowest BCUT2D eigenvalue weighted by molar-refractivity contribution is 0.478. The van der Waals surface area contributed by atoms with Crippen LogP contribution in [0.1, 0.15) is 5.56 Å². The summed E-state index contributed by atoms with van der Waals surface area (Å²) < 4.78 is 6.48. The summed E-state index contributed by atoms with van der Waals surface area (Å²) in [6, 6.07) is 14.4. The Kier molecular flexibility index (Phi) is 3.68. The maximum Gasteiger partial charge on any atom is 0.146 e. The Hall–Kier alpha value is -1.50. The van der Waals surface area contributed by atoms with Gasteiger partial charge in [0.2, 0.25) is 0 Å². The highest BCUT2D eigenvalue weighted by Gasteiger charge is 2.07. The second kappa shape index (κ2) is 5.22. The molecular weight excluding hydrogens is 302 g/mol. The van der Waals surface area contributed by atoms with Gasteiger partial charge in [-0.1, -0.05) is 23.7 Å². The number of rotatable bonds is 2. The molecule has 17 heavy (non-hydrogen) atoms. The lowest BCUT2D eigenvalue weighted by Gasteiger charge is -2.09. The number of hydrogen-bond acceptors (Lipinski definition) is 2. The minimum atomic E-state index is 0.449. The van der Waals surface area contributed by atoms with Crippen molar-refractivity contribution < 1.29 is 4.74 Å². The average Bonchev–Trinajstić information content (AvgIpc) is 2.32. The van der Waals surface area contributed by atoms with E-state index in [0.717, 1.165) is 4.47 Å². The van der Waals surface area contributed by atoms with Crippen LogP contribution in [0.4, 0.5) is 0 Å². The molecule has 4 heteroatoms. The zero-order valence-corrected chi connectivity index (χ0v) is 11.0. The van der Waals surface area contributed by atoms with Crippen LogP contribution in [0.3, 0.4) is 0 Å². The maximum atomic E-state index is 8.97. The summed E-state index contributed by atoms with van der Waals surface area (Å²) in [5, 5.41) is 9.51. The topological polar surface area (TPSA) is 33.0 Å². The van der Waals surface area contributed by atoms with Crippen molar-refractivity contribution in [2.24, 2.45) is 0 Å². The van der Waals surface area contributed by atoms with Gasteiger partial charge in [0.05, 0.1) is 10.0 Å². The highest BCUT2D eigenvalue weighted by Crippen LogP contribution is 2.32. The van der Waals surface area contributed by atoms with E-state index in [1.165, 1.54) is 0 Å². The fraction of sp³-hybridized carbons (Fsp3) is 0. The molecule has 0 saturated heterocycles. The van der Waals surface area contributed by atoms with Crippen molar-refractivity contribution in [2.75, 3.05) is 0 Å². The summed E-state index contributed by atoms with van der Waals surface area (Å²) >= 11 is 9.26. The first-order valence-corrected chi connectivity index (χ1v) is 6.00. The number of halogens is 2. The van der Waals surface area contributed by atoms with E-state index >= 15 is 0 Å². The monoisotopic (exact) mass is 307 g/mol. The third-order valence-electron chi connectivity index (χ3n) is 2.12. The van der Waals surface area contributed by atoms with Gasteiger partial charge in [0.15, 0.2) is 0 Å². The molecule has 0 aliphatic heterocycles. The molecule has 0 bridgehead atoms. The molecule has 0 aliphatic carbocycles. The minimum Gasteiger partial charge on any atom is -0.455 e. The van der Waals surface area contributed by atoms with Crippen molar-refractivity contribution in [3.05, 3.63) is 57.5 Å². The third-order valence-corrected chi connectivity index (χ3v) is 3.01. The number of benzene rings is 2. The fourth-order valence-corrected chi connectivity index (χ4v) is 1.85. The molecule has 0 radical (unpaired) electrons. The summed E-state index contributed by atoms with van der Waals surface area (Å²) in [6.07, 6.45) is 0. The van der Waals surface area contributed by atoms with Crippen molar-refractivity contribution >= 4 is 27.5 Å². The number of nitrogens with zero attached hydrogens (tertiary/aromatic N) is 1. The van der Waals surface area contributed by atoms with Gasteiger partial charge in [-0.2, -0.15) is 5.26 Å². The molecule has 0 fully saturated rings. The summed E-state index contributed by atoms with van der Waals surface area (Å²) in [5.74, 6) is 1.10. The van der Waals surface area contributed by atoms with E-state index in [1.54, 1.807) is 18.2 Å². The fourth-order valence-electron chi connectivity index (χ4n) is 1.32. The van der Waals surface area contributed by atoms with E-state index in [4.69, 9.17) is 21.6 Å². The van der Waals surface area contributed by atoms with Crippen LogP contribution in [0, 0.1) is 11.3 Å². The van der Waals surface area contributed by atoms with Crippen molar-refractivity contribution in [1.82, 2.24) is 0 Å². The molecule has 0 unspecified atom stereocenters. The number of ether oxygens (including phenoxy) is 1. The summed E-state index contributed by atoms with van der Waals surface area (Å²) in [4.78, 5) is 0. The number of para-hydroxylation sites is 1. The van der Waals surface area contributed by atoms with Crippen molar-refractivity contribution in [2.45, 2.75) is 0 Å². The molecule has 2 aromatic rings. The van der Waals surface area contributed by atoms with Crippen molar-refractivity contribution in [1.29, 1.82) is 5.26 Å². The van der Waals surface area contributed by atoms with E-state index in [-0.39, 0.29) is 0 Å². The Labute approximate surface area is 113 Å². The first-order valence-electron chi connectivity index (χ1n) is 4.83. The smallest absolute Gasteiger partial charge is 0.146 e. The molecule has 0 aromatic heterocycles. The van der Waals surface area contributed by atoms with Gasteiger partial charge in [-0.05, 0) is 40.2 Å². The van der Waals surface area contributed by atoms with Gasteiger partial charge in [0.1, 0.15) is 17.6 Å². The van der Waals surface area contributed by atoms with Crippen LogP contribution in [0.15, 0.2) is 46.9 Å². The highest BCUT2D eigenvalue weighted by atomic mass is 79.9. The molecule has 0 aliphatic rings. The van der Waals surface area contributed by atoms with Crippen LogP contribution in [0.2, 0.25) is 5.02 Å². The van der Waals surface area contributed by atoms with E-state index < -0.39 is 0 Å². The van der Waals surface area contributed by atoms with Crippen LogP contribution in [-0.4, -0.2) is 0 Å². The highest BCUT2D eigenvalue weighted by molar-refractivity contribution is 9.10. The Morgan fingerprint density at radius 3 is 2.59 bits per heavy atom. The lowest BCUT2D eigenvalue weighted by atomic mass is 10.2. The van der Waals surface area contributed by atoms with E-state index in [1.807, 2.05) is 24.3 Å². The van der Waals surface area contributed by atoms with Crippen LogP contribution < -0.4 is 4.74 Å². The lowest BCUT2D eigenvalue weighted by Crippen LogP contribution is -1.89. The first kappa shape index (κ1) is 12.0. The van der Waals surface area contributed by atoms with Gasteiger partial charge in [-0.25, -0.2) is 0 Å². The summed E-state index contributed by atoms with van der Waals surface area (Å²) in [5.41, 5.74) is 0.449. The van der Waals surface area contributed by atoms with Gasteiger partial charge in [-0.3, -0.25) is 0 Å². The van der Waals surface area contributed by atoms with Crippen LogP contribution in [0.5, 0.6) is 11.5 Å². The van der Waals surface area contributed by atoms with E-state index in [0.29, 0.717) is 22.1 Å². The van der Waals surface area contributed by atoms with Gasteiger partial charge in [0.25, 0.3) is 0 Å². The second-order valence-electron chi connectivity index (χ2n) is 3.28. The number of nitriles is 1. The summed E-state index contributed by atoms with van der Waals surface area (Å²) in [6.45, 7) is 0. The zero-order valence-electron chi connectivity index (χ0n) is 8.65. The molecule has 0 N–H and O–H groups in total.